The predicted molar refractivity (Wildman–Crippen MR) is 116 cm³/mol. The first-order valence-electron chi connectivity index (χ1n) is 8.69. The van der Waals surface area contributed by atoms with E-state index in [-0.39, 0.29) is 28.9 Å². The van der Waals surface area contributed by atoms with Gasteiger partial charge in [-0.25, -0.2) is 18.5 Å². The van der Waals surface area contributed by atoms with Crippen LogP contribution in [0.25, 0.3) is 0 Å². The lowest BCUT2D eigenvalue weighted by atomic mass is 10.2. The van der Waals surface area contributed by atoms with Gasteiger partial charge in [0.05, 0.1) is 11.4 Å². The molecule has 0 amide bonds. The third-order valence-electron chi connectivity index (χ3n) is 3.42. The standard InChI is InChI=1S/C17H30N4O3S.HI/c1-3-5-12-24-13-6-11-20-17(19-4-2)21-14-15-7-9-16(10-8-15)25(18,22)23;/h7-10H,3-6,11-14H2,1-2H3,(H2,18,22,23)(H2,19,20,21);1H. The predicted octanol–water partition coefficient (Wildman–Crippen LogP) is 2.21. The third-order valence-corrected chi connectivity index (χ3v) is 4.35. The summed E-state index contributed by atoms with van der Waals surface area (Å²) in [4.78, 5) is 4.60. The van der Waals surface area contributed by atoms with Crippen molar-refractivity contribution < 1.29 is 13.2 Å². The van der Waals surface area contributed by atoms with Crippen LogP contribution in [-0.2, 0) is 21.3 Å². The van der Waals surface area contributed by atoms with Gasteiger partial charge in [0.25, 0.3) is 0 Å². The highest BCUT2D eigenvalue weighted by atomic mass is 127. The van der Waals surface area contributed by atoms with Gasteiger partial charge >= 0.3 is 0 Å². The maximum absolute atomic E-state index is 11.2. The molecule has 7 nitrogen and oxygen atoms in total. The Hall–Kier alpha value is -0.910. The Kier molecular flexibility index (Phi) is 13.7. The molecule has 0 saturated heterocycles. The van der Waals surface area contributed by atoms with Gasteiger partial charge in [-0.2, -0.15) is 0 Å². The van der Waals surface area contributed by atoms with Crippen molar-refractivity contribution in [3.8, 4) is 0 Å². The molecule has 0 unspecified atom stereocenters. The van der Waals surface area contributed by atoms with Crippen molar-refractivity contribution in [3.05, 3.63) is 29.8 Å². The third kappa shape index (κ3) is 10.9. The summed E-state index contributed by atoms with van der Waals surface area (Å²) in [5, 5.41) is 11.5. The van der Waals surface area contributed by atoms with Crippen molar-refractivity contribution in [2.75, 3.05) is 26.3 Å². The van der Waals surface area contributed by atoms with Crippen LogP contribution in [0, 0.1) is 0 Å². The fraction of sp³-hybridized carbons (Fsp3) is 0.588. The fourth-order valence-electron chi connectivity index (χ4n) is 2.03. The molecule has 0 aliphatic heterocycles. The second-order valence-electron chi connectivity index (χ2n) is 5.63. The van der Waals surface area contributed by atoms with Crippen molar-refractivity contribution in [1.82, 2.24) is 10.6 Å². The number of nitrogens with one attached hydrogen (secondary N) is 2. The quantitative estimate of drug-likeness (QED) is 0.188. The Morgan fingerprint density at radius 1 is 1.12 bits per heavy atom. The summed E-state index contributed by atoms with van der Waals surface area (Å²) in [6.07, 6.45) is 3.16. The number of rotatable bonds is 11. The van der Waals surface area contributed by atoms with E-state index in [0.717, 1.165) is 57.1 Å². The molecule has 1 rings (SSSR count). The Morgan fingerprint density at radius 3 is 2.35 bits per heavy atom. The number of nitrogens with zero attached hydrogens (tertiary/aromatic N) is 1. The summed E-state index contributed by atoms with van der Waals surface area (Å²) < 4.78 is 28.0. The van der Waals surface area contributed by atoms with E-state index < -0.39 is 10.0 Å². The smallest absolute Gasteiger partial charge is 0.238 e. The monoisotopic (exact) mass is 498 g/mol. The number of halogens is 1. The minimum atomic E-state index is -3.66. The molecule has 1 aromatic rings. The van der Waals surface area contributed by atoms with Gasteiger partial charge in [-0.05, 0) is 37.5 Å². The van der Waals surface area contributed by atoms with Crippen LogP contribution in [0.5, 0.6) is 0 Å². The van der Waals surface area contributed by atoms with E-state index in [9.17, 15) is 8.42 Å². The molecule has 0 fully saturated rings. The highest BCUT2D eigenvalue weighted by molar-refractivity contribution is 14.0. The van der Waals surface area contributed by atoms with Crippen molar-refractivity contribution >= 4 is 40.0 Å². The first kappa shape index (κ1) is 25.1. The van der Waals surface area contributed by atoms with Gasteiger partial charge < -0.3 is 15.4 Å². The molecule has 9 heteroatoms. The molecule has 0 aliphatic rings. The van der Waals surface area contributed by atoms with Crippen LogP contribution in [-0.4, -0.2) is 40.7 Å². The van der Waals surface area contributed by atoms with Crippen LogP contribution in [0.3, 0.4) is 0 Å². The van der Waals surface area contributed by atoms with Crippen LogP contribution in [0.1, 0.15) is 38.7 Å². The number of unbranched alkanes of at least 4 members (excludes halogenated alkanes) is 1. The number of benzene rings is 1. The SMILES string of the molecule is CCCCOCCCNC(=NCc1ccc(S(N)(=O)=O)cc1)NCC.I. The van der Waals surface area contributed by atoms with E-state index in [1.54, 1.807) is 12.1 Å². The second kappa shape index (κ2) is 14.2. The minimum absolute atomic E-state index is 0. The molecular formula is C17H31IN4O3S. The molecule has 26 heavy (non-hydrogen) atoms. The van der Waals surface area contributed by atoms with Gasteiger partial charge in [-0.3, -0.25) is 0 Å². The van der Waals surface area contributed by atoms with Crippen LogP contribution in [0.15, 0.2) is 34.2 Å². The molecule has 0 aromatic heterocycles. The average molecular weight is 498 g/mol. The highest BCUT2D eigenvalue weighted by Gasteiger charge is 2.06. The maximum atomic E-state index is 11.2. The molecule has 0 aliphatic carbocycles. The number of hydrogen-bond donors (Lipinski definition) is 3. The van der Waals surface area contributed by atoms with Crippen LogP contribution in [0.2, 0.25) is 0 Å². The largest absolute Gasteiger partial charge is 0.381 e. The molecule has 0 heterocycles. The number of nitrogens with two attached hydrogens (primary N) is 1. The summed E-state index contributed by atoms with van der Waals surface area (Å²) in [6, 6.07) is 6.42. The van der Waals surface area contributed by atoms with E-state index in [1.807, 2.05) is 6.92 Å². The van der Waals surface area contributed by atoms with E-state index >= 15 is 0 Å². The molecular weight excluding hydrogens is 467 g/mol. The van der Waals surface area contributed by atoms with Crippen LogP contribution in [0.4, 0.5) is 0 Å². The van der Waals surface area contributed by atoms with E-state index in [4.69, 9.17) is 9.88 Å². The van der Waals surface area contributed by atoms with Crippen molar-refractivity contribution in [2.45, 2.75) is 44.6 Å². The zero-order chi connectivity index (χ0) is 18.5. The molecule has 0 atom stereocenters. The summed E-state index contributed by atoms with van der Waals surface area (Å²) >= 11 is 0. The minimum Gasteiger partial charge on any atom is -0.381 e. The van der Waals surface area contributed by atoms with Crippen LogP contribution < -0.4 is 15.8 Å². The Labute approximate surface area is 174 Å². The first-order valence-corrected chi connectivity index (χ1v) is 10.2. The lowest BCUT2D eigenvalue weighted by Crippen LogP contribution is -2.38. The van der Waals surface area contributed by atoms with Gasteiger partial charge in [0, 0.05) is 26.3 Å². The molecule has 0 saturated carbocycles. The number of guanidine groups is 1. The first-order chi connectivity index (χ1) is 12.0. The number of sulfonamides is 1. The van der Waals surface area contributed by atoms with Gasteiger partial charge in [-0.1, -0.05) is 25.5 Å². The molecule has 150 valence electrons. The number of ether oxygens (including phenoxy) is 1. The van der Waals surface area contributed by atoms with Crippen LogP contribution >= 0.6 is 24.0 Å². The summed E-state index contributed by atoms with van der Waals surface area (Å²) in [5.74, 6) is 0.728. The van der Waals surface area contributed by atoms with Gasteiger partial charge in [0.15, 0.2) is 5.96 Å². The van der Waals surface area contributed by atoms with E-state index in [2.05, 4.69) is 22.5 Å². The van der Waals surface area contributed by atoms with Gasteiger partial charge in [-0.15, -0.1) is 24.0 Å². The molecule has 4 N–H and O–H groups in total. The zero-order valence-electron chi connectivity index (χ0n) is 15.5. The zero-order valence-corrected chi connectivity index (χ0v) is 18.7. The van der Waals surface area contributed by atoms with E-state index in [0.29, 0.717) is 6.54 Å². The lowest BCUT2D eigenvalue weighted by molar-refractivity contribution is 0.129. The van der Waals surface area contributed by atoms with Crippen molar-refractivity contribution in [3.63, 3.8) is 0 Å². The number of primary sulfonamides is 1. The summed E-state index contributed by atoms with van der Waals surface area (Å²) in [5.41, 5.74) is 0.910. The summed E-state index contributed by atoms with van der Waals surface area (Å²) in [7, 11) is -3.66. The number of hydrogen-bond acceptors (Lipinski definition) is 4. The topological polar surface area (TPSA) is 106 Å². The Bertz CT molecular complexity index is 621. The molecule has 0 radical (unpaired) electrons. The number of aliphatic imine (C=N–C) groups is 1. The fourth-order valence-corrected chi connectivity index (χ4v) is 2.54. The average Bonchev–Trinajstić information content (AvgIpc) is 2.58. The van der Waals surface area contributed by atoms with Crippen molar-refractivity contribution in [1.29, 1.82) is 0 Å². The Morgan fingerprint density at radius 2 is 1.77 bits per heavy atom. The molecule has 1 aromatic carbocycles. The van der Waals surface area contributed by atoms with Gasteiger partial charge in [0.2, 0.25) is 10.0 Å². The normalized spacial score (nSPS) is 11.7. The summed E-state index contributed by atoms with van der Waals surface area (Å²) in [6.45, 7) is 7.71. The van der Waals surface area contributed by atoms with E-state index in [1.165, 1.54) is 12.1 Å². The maximum Gasteiger partial charge on any atom is 0.238 e. The second-order valence-corrected chi connectivity index (χ2v) is 7.19. The lowest BCUT2D eigenvalue weighted by Gasteiger charge is -2.11. The van der Waals surface area contributed by atoms with Gasteiger partial charge in [0.1, 0.15) is 0 Å². The van der Waals surface area contributed by atoms with Crippen molar-refractivity contribution in [2.24, 2.45) is 10.1 Å². The molecule has 0 bridgehead atoms. The highest BCUT2D eigenvalue weighted by Crippen LogP contribution is 2.09. The Balaban J connectivity index is 0.00000625. The molecule has 0 spiro atoms.